The molecule has 1 fully saturated rings. The number of hydrogen-bond donors (Lipinski definition) is 2. The molecular weight excluding hydrogens is 292 g/mol. The van der Waals surface area contributed by atoms with Crippen molar-refractivity contribution in [3.05, 3.63) is 33.9 Å². The van der Waals surface area contributed by atoms with E-state index in [4.69, 9.17) is 9.84 Å². The van der Waals surface area contributed by atoms with Gasteiger partial charge in [0.1, 0.15) is 11.3 Å². The van der Waals surface area contributed by atoms with Crippen LogP contribution in [0.4, 0.5) is 5.69 Å². The molecule has 1 aromatic carbocycles. The lowest BCUT2D eigenvalue weighted by Gasteiger charge is -2.13. The minimum Gasteiger partial charge on any atom is -0.497 e. The van der Waals surface area contributed by atoms with Crippen molar-refractivity contribution < 1.29 is 24.4 Å². The Bertz CT molecular complexity index is 615. The van der Waals surface area contributed by atoms with Gasteiger partial charge in [-0.15, -0.1) is 0 Å². The Balaban J connectivity index is 2.15. The number of benzene rings is 1. The standard InChI is InChI=1S/C14H16N2O6/c1-22-10-4-5-12(16(20)21)11(7-10)13(17)15-9-3-2-8(6-9)14(18)19/h4-5,7-9H,2-3,6H2,1H3,(H,15,17)(H,18,19)/t8-,9+/m0/s1. The van der Waals surface area contributed by atoms with Crippen molar-refractivity contribution in [2.45, 2.75) is 25.3 Å². The summed E-state index contributed by atoms with van der Waals surface area (Å²) in [4.78, 5) is 33.5. The van der Waals surface area contributed by atoms with Gasteiger partial charge in [-0.2, -0.15) is 0 Å². The van der Waals surface area contributed by atoms with Crippen LogP contribution in [0.25, 0.3) is 0 Å². The first kappa shape index (κ1) is 15.7. The Kier molecular flexibility index (Phi) is 4.59. The molecule has 1 aliphatic carbocycles. The van der Waals surface area contributed by atoms with E-state index < -0.39 is 22.7 Å². The van der Waals surface area contributed by atoms with E-state index >= 15 is 0 Å². The number of nitrogens with zero attached hydrogens (tertiary/aromatic N) is 1. The van der Waals surface area contributed by atoms with E-state index in [0.717, 1.165) is 0 Å². The number of carbonyl (C=O) groups excluding carboxylic acids is 1. The third-order valence-electron chi connectivity index (χ3n) is 3.76. The molecule has 22 heavy (non-hydrogen) atoms. The van der Waals surface area contributed by atoms with Crippen LogP contribution in [0.15, 0.2) is 18.2 Å². The van der Waals surface area contributed by atoms with Gasteiger partial charge in [0, 0.05) is 12.1 Å². The second-order valence-corrected chi connectivity index (χ2v) is 5.16. The second-order valence-electron chi connectivity index (χ2n) is 5.16. The Morgan fingerprint density at radius 2 is 2.14 bits per heavy atom. The van der Waals surface area contributed by atoms with Crippen LogP contribution < -0.4 is 10.1 Å². The minimum atomic E-state index is -0.885. The summed E-state index contributed by atoms with van der Waals surface area (Å²) in [5.74, 6) is -1.62. The number of rotatable bonds is 5. The van der Waals surface area contributed by atoms with Crippen LogP contribution in [0.3, 0.4) is 0 Å². The molecule has 1 aromatic rings. The zero-order chi connectivity index (χ0) is 16.3. The summed E-state index contributed by atoms with van der Waals surface area (Å²) in [7, 11) is 1.40. The SMILES string of the molecule is COc1ccc([N+](=O)[O-])c(C(=O)N[C@@H]2CC[C@H](C(=O)O)C2)c1. The molecule has 1 amide bonds. The minimum absolute atomic E-state index is 0.0943. The van der Waals surface area contributed by atoms with Crippen LogP contribution in [0.2, 0.25) is 0 Å². The Morgan fingerprint density at radius 1 is 1.41 bits per heavy atom. The number of ether oxygens (including phenoxy) is 1. The normalized spacial score (nSPS) is 20.4. The van der Waals surface area contributed by atoms with Crippen LogP contribution in [0, 0.1) is 16.0 Å². The van der Waals surface area contributed by atoms with E-state index in [0.29, 0.717) is 25.0 Å². The van der Waals surface area contributed by atoms with Crippen molar-refractivity contribution in [1.82, 2.24) is 5.32 Å². The largest absolute Gasteiger partial charge is 0.497 e. The number of carboxylic acids is 1. The summed E-state index contributed by atoms with van der Waals surface area (Å²) in [6, 6.07) is 3.63. The predicted octanol–water partition coefficient (Wildman–Crippen LogP) is 1.59. The molecule has 8 heteroatoms. The van der Waals surface area contributed by atoms with E-state index in [1.165, 1.54) is 25.3 Å². The van der Waals surface area contributed by atoms with Gasteiger partial charge in [0.2, 0.25) is 0 Å². The number of carbonyl (C=O) groups is 2. The molecule has 1 aliphatic rings. The van der Waals surface area contributed by atoms with Gasteiger partial charge in [0.25, 0.3) is 11.6 Å². The van der Waals surface area contributed by atoms with E-state index in [1.54, 1.807) is 0 Å². The van der Waals surface area contributed by atoms with Crippen molar-refractivity contribution >= 4 is 17.6 Å². The topological polar surface area (TPSA) is 119 Å². The summed E-state index contributed by atoms with van der Waals surface area (Å²) in [5, 5.41) is 22.6. The summed E-state index contributed by atoms with van der Waals surface area (Å²) in [6.45, 7) is 0. The molecule has 0 radical (unpaired) electrons. The average Bonchev–Trinajstić information content (AvgIpc) is 2.95. The van der Waals surface area contributed by atoms with E-state index in [9.17, 15) is 19.7 Å². The molecule has 8 nitrogen and oxygen atoms in total. The fraction of sp³-hybridized carbons (Fsp3) is 0.429. The zero-order valence-electron chi connectivity index (χ0n) is 11.9. The number of amides is 1. The van der Waals surface area contributed by atoms with Gasteiger partial charge >= 0.3 is 5.97 Å². The molecule has 0 spiro atoms. The quantitative estimate of drug-likeness (QED) is 0.629. The van der Waals surface area contributed by atoms with Gasteiger partial charge < -0.3 is 15.2 Å². The molecule has 0 saturated heterocycles. The summed E-state index contributed by atoms with van der Waals surface area (Å²) < 4.78 is 4.98. The molecule has 2 rings (SSSR count). The maximum atomic E-state index is 12.3. The lowest BCUT2D eigenvalue weighted by Crippen LogP contribution is -2.33. The number of methoxy groups -OCH3 is 1. The van der Waals surface area contributed by atoms with Crippen molar-refractivity contribution in [3.63, 3.8) is 0 Å². The van der Waals surface area contributed by atoms with Crippen LogP contribution in [-0.4, -0.2) is 35.1 Å². The molecule has 2 N–H and O–H groups in total. The lowest BCUT2D eigenvalue weighted by atomic mass is 10.1. The van der Waals surface area contributed by atoms with Crippen molar-refractivity contribution in [1.29, 1.82) is 0 Å². The Morgan fingerprint density at radius 3 is 2.68 bits per heavy atom. The van der Waals surface area contributed by atoms with Crippen molar-refractivity contribution in [2.24, 2.45) is 5.92 Å². The van der Waals surface area contributed by atoms with Gasteiger partial charge in [0.05, 0.1) is 18.0 Å². The van der Waals surface area contributed by atoms with E-state index in [2.05, 4.69) is 5.32 Å². The fourth-order valence-corrected chi connectivity index (χ4v) is 2.58. The molecule has 2 atom stereocenters. The van der Waals surface area contributed by atoms with Crippen LogP contribution in [0.1, 0.15) is 29.6 Å². The highest BCUT2D eigenvalue weighted by Gasteiger charge is 2.32. The van der Waals surface area contributed by atoms with Crippen LogP contribution in [0.5, 0.6) is 5.75 Å². The monoisotopic (exact) mass is 308 g/mol. The molecule has 0 aromatic heterocycles. The number of hydrogen-bond acceptors (Lipinski definition) is 5. The van der Waals surface area contributed by atoms with Crippen molar-refractivity contribution in [2.75, 3.05) is 7.11 Å². The molecule has 0 aliphatic heterocycles. The number of nitrogens with one attached hydrogen (secondary N) is 1. The highest BCUT2D eigenvalue weighted by molar-refractivity contribution is 5.98. The summed E-state index contributed by atoms with van der Waals surface area (Å²) in [6.07, 6.45) is 1.36. The van der Waals surface area contributed by atoms with E-state index in [1.807, 2.05) is 0 Å². The van der Waals surface area contributed by atoms with Gasteiger partial charge in [-0.05, 0) is 31.4 Å². The third-order valence-corrected chi connectivity index (χ3v) is 3.76. The van der Waals surface area contributed by atoms with Gasteiger partial charge in [-0.1, -0.05) is 0 Å². The molecule has 118 valence electrons. The first-order valence-corrected chi connectivity index (χ1v) is 6.78. The number of aliphatic carboxylic acids is 1. The van der Waals surface area contributed by atoms with Gasteiger partial charge in [-0.3, -0.25) is 19.7 Å². The Labute approximate surface area is 126 Å². The van der Waals surface area contributed by atoms with Gasteiger partial charge in [-0.25, -0.2) is 0 Å². The average molecular weight is 308 g/mol. The summed E-state index contributed by atoms with van der Waals surface area (Å²) >= 11 is 0. The molecule has 0 bridgehead atoms. The highest BCUT2D eigenvalue weighted by atomic mass is 16.6. The maximum absolute atomic E-state index is 12.3. The molecule has 0 heterocycles. The number of nitro groups is 1. The third kappa shape index (κ3) is 3.33. The van der Waals surface area contributed by atoms with Crippen LogP contribution in [-0.2, 0) is 4.79 Å². The second kappa shape index (κ2) is 6.42. The zero-order valence-corrected chi connectivity index (χ0v) is 11.9. The first-order valence-electron chi connectivity index (χ1n) is 6.78. The van der Waals surface area contributed by atoms with Crippen molar-refractivity contribution in [3.8, 4) is 5.75 Å². The molecule has 1 saturated carbocycles. The molecular formula is C14H16N2O6. The molecule has 0 unspecified atom stereocenters. The number of carboxylic acid groups (broad SMARTS) is 1. The van der Waals surface area contributed by atoms with E-state index in [-0.39, 0.29) is 17.3 Å². The first-order chi connectivity index (χ1) is 10.4. The van der Waals surface area contributed by atoms with Gasteiger partial charge in [0.15, 0.2) is 0 Å². The Hall–Kier alpha value is -2.64. The number of nitro benzene ring substituents is 1. The van der Waals surface area contributed by atoms with Crippen LogP contribution >= 0.6 is 0 Å². The smallest absolute Gasteiger partial charge is 0.306 e. The lowest BCUT2D eigenvalue weighted by molar-refractivity contribution is -0.385. The predicted molar refractivity (Wildman–Crippen MR) is 75.9 cm³/mol. The maximum Gasteiger partial charge on any atom is 0.306 e. The highest BCUT2D eigenvalue weighted by Crippen LogP contribution is 2.28. The summed E-state index contributed by atoms with van der Waals surface area (Å²) in [5.41, 5.74) is -0.408. The fourth-order valence-electron chi connectivity index (χ4n) is 2.58.